The second-order valence-electron chi connectivity index (χ2n) is 8.60. The average Bonchev–Trinajstić information content (AvgIpc) is 2.79. The SMILES string of the molecule is CC(C)(C)OC(=O)N1C[C@@H]2C(C3=NOC4(C)CCCC34)[C@@H]2C1. The van der Waals surface area contributed by atoms with E-state index in [4.69, 9.17) is 9.57 Å². The van der Waals surface area contributed by atoms with Crippen LogP contribution >= 0.6 is 0 Å². The minimum absolute atomic E-state index is 0.0446. The van der Waals surface area contributed by atoms with Gasteiger partial charge >= 0.3 is 6.09 Å². The summed E-state index contributed by atoms with van der Waals surface area (Å²) in [6.07, 6.45) is 3.40. The van der Waals surface area contributed by atoms with E-state index in [1.54, 1.807) is 0 Å². The lowest BCUT2D eigenvalue weighted by molar-refractivity contribution is -0.0163. The summed E-state index contributed by atoms with van der Waals surface area (Å²) in [4.78, 5) is 19.8. The lowest BCUT2D eigenvalue weighted by Crippen LogP contribution is -2.38. The van der Waals surface area contributed by atoms with Gasteiger partial charge in [-0.3, -0.25) is 0 Å². The normalized spacial score (nSPS) is 42.5. The van der Waals surface area contributed by atoms with Crippen LogP contribution in [0.25, 0.3) is 0 Å². The van der Waals surface area contributed by atoms with E-state index >= 15 is 0 Å². The average molecular weight is 306 g/mol. The van der Waals surface area contributed by atoms with Crippen LogP contribution in [0.2, 0.25) is 0 Å². The number of piperidine rings is 1. The van der Waals surface area contributed by atoms with E-state index in [0.717, 1.165) is 19.5 Å². The van der Waals surface area contributed by atoms with E-state index < -0.39 is 5.60 Å². The van der Waals surface area contributed by atoms with Gasteiger partial charge in [-0.2, -0.15) is 0 Å². The third-order valence-corrected chi connectivity index (χ3v) is 5.81. The molecule has 0 bridgehead atoms. The zero-order chi connectivity index (χ0) is 15.7. The van der Waals surface area contributed by atoms with E-state index in [1.807, 2.05) is 25.7 Å². The van der Waals surface area contributed by atoms with Crippen molar-refractivity contribution in [3.05, 3.63) is 0 Å². The molecule has 0 radical (unpaired) electrons. The Kier molecular flexibility index (Phi) is 2.86. The number of fused-ring (bicyclic) bond motifs is 2. The van der Waals surface area contributed by atoms with Crippen molar-refractivity contribution in [1.29, 1.82) is 0 Å². The molecule has 4 rings (SSSR count). The van der Waals surface area contributed by atoms with Crippen LogP contribution in [0.15, 0.2) is 5.16 Å². The van der Waals surface area contributed by atoms with Gasteiger partial charge in [-0.05, 0) is 58.8 Å². The number of rotatable bonds is 1. The standard InChI is InChI=1S/C17H26N2O3/c1-16(2,3)21-15(20)19-8-10-11(9-19)13(10)14-12-6-5-7-17(12,4)22-18-14/h10-13H,5-9H2,1-4H3/t10-,11+,12?,13?,17?. The zero-order valence-corrected chi connectivity index (χ0v) is 14.0. The van der Waals surface area contributed by atoms with E-state index in [-0.39, 0.29) is 11.7 Å². The van der Waals surface area contributed by atoms with Crippen LogP contribution in [0, 0.1) is 23.7 Å². The first kappa shape index (κ1) is 14.3. The Morgan fingerprint density at radius 3 is 2.68 bits per heavy atom. The molecule has 5 heteroatoms. The number of carbonyl (C=O) groups is 1. The highest BCUT2D eigenvalue weighted by Gasteiger charge is 2.64. The van der Waals surface area contributed by atoms with Crippen LogP contribution in [0.3, 0.4) is 0 Å². The number of ether oxygens (including phenoxy) is 1. The Hall–Kier alpha value is -1.26. The van der Waals surface area contributed by atoms with Crippen LogP contribution in [0.5, 0.6) is 0 Å². The summed E-state index contributed by atoms with van der Waals surface area (Å²) in [5, 5.41) is 4.45. The summed E-state index contributed by atoms with van der Waals surface area (Å²) in [6.45, 7) is 9.56. The molecule has 122 valence electrons. The molecule has 3 unspecified atom stereocenters. The molecule has 0 aromatic carbocycles. The predicted octanol–water partition coefficient (Wildman–Crippen LogP) is 3.04. The first-order valence-corrected chi connectivity index (χ1v) is 8.52. The largest absolute Gasteiger partial charge is 0.444 e. The molecule has 0 aromatic heterocycles. The molecule has 22 heavy (non-hydrogen) atoms. The molecule has 2 aliphatic heterocycles. The van der Waals surface area contributed by atoms with Gasteiger partial charge in [0.15, 0.2) is 0 Å². The number of carbonyl (C=O) groups excluding carboxylic acids is 1. The van der Waals surface area contributed by atoms with Gasteiger partial charge in [-0.1, -0.05) is 5.16 Å². The highest BCUT2D eigenvalue weighted by molar-refractivity contribution is 5.94. The molecule has 0 N–H and O–H groups in total. The van der Waals surface area contributed by atoms with Crippen LogP contribution < -0.4 is 0 Å². The summed E-state index contributed by atoms with van der Waals surface area (Å²) >= 11 is 0. The van der Waals surface area contributed by atoms with Gasteiger partial charge in [0, 0.05) is 24.9 Å². The number of oxime groups is 1. The molecule has 0 spiro atoms. The molecule has 3 fully saturated rings. The van der Waals surface area contributed by atoms with Gasteiger partial charge in [0.05, 0.1) is 5.71 Å². The van der Waals surface area contributed by atoms with Gasteiger partial charge in [-0.15, -0.1) is 0 Å². The minimum Gasteiger partial charge on any atom is -0.444 e. The maximum atomic E-state index is 12.1. The van der Waals surface area contributed by atoms with Crippen molar-refractivity contribution in [3.8, 4) is 0 Å². The molecule has 2 heterocycles. The van der Waals surface area contributed by atoms with E-state index in [1.165, 1.54) is 18.6 Å². The van der Waals surface area contributed by atoms with E-state index in [2.05, 4.69) is 12.1 Å². The van der Waals surface area contributed by atoms with Crippen molar-refractivity contribution >= 4 is 11.8 Å². The molecule has 1 saturated heterocycles. The van der Waals surface area contributed by atoms with Crippen LogP contribution in [0.4, 0.5) is 4.79 Å². The van der Waals surface area contributed by atoms with Crippen molar-refractivity contribution < 1.29 is 14.4 Å². The fourth-order valence-electron chi connectivity index (χ4n) is 4.66. The molecule has 5 atom stereocenters. The van der Waals surface area contributed by atoms with E-state index in [0.29, 0.717) is 23.7 Å². The van der Waals surface area contributed by atoms with Crippen molar-refractivity contribution in [3.63, 3.8) is 0 Å². The molecule has 2 saturated carbocycles. The lowest BCUT2D eigenvalue weighted by Gasteiger charge is -2.26. The second kappa shape index (κ2) is 4.39. The summed E-state index contributed by atoms with van der Waals surface area (Å²) in [5.41, 5.74) is 0.828. The number of hydrogen-bond acceptors (Lipinski definition) is 4. The Bertz CT molecular complexity index is 527. The van der Waals surface area contributed by atoms with Crippen molar-refractivity contribution in [2.45, 2.75) is 58.2 Å². The Morgan fingerprint density at radius 2 is 2.05 bits per heavy atom. The van der Waals surface area contributed by atoms with Crippen LogP contribution in [-0.4, -0.2) is 41.0 Å². The zero-order valence-electron chi connectivity index (χ0n) is 14.0. The van der Waals surface area contributed by atoms with Crippen molar-refractivity contribution in [1.82, 2.24) is 4.90 Å². The Morgan fingerprint density at radius 1 is 1.36 bits per heavy atom. The number of hydrogen-bond donors (Lipinski definition) is 0. The molecule has 2 aliphatic carbocycles. The highest BCUT2D eigenvalue weighted by Crippen LogP contribution is 2.58. The van der Waals surface area contributed by atoms with Gasteiger partial charge in [0.25, 0.3) is 0 Å². The number of amides is 1. The second-order valence-corrected chi connectivity index (χ2v) is 8.60. The third-order valence-electron chi connectivity index (χ3n) is 5.81. The summed E-state index contributed by atoms with van der Waals surface area (Å²) < 4.78 is 5.47. The topological polar surface area (TPSA) is 51.1 Å². The third kappa shape index (κ3) is 2.12. The number of nitrogens with zero attached hydrogens (tertiary/aromatic N) is 2. The van der Waals surface area contributed by atoms with E-state index in [9.17, 15) is 4.79 Å². The van der Waals surface area contributed by atoms with Gasteiger partial charge in [-0.25, -0.2) is 4.79 Å². The predicted molar refractivity (Wildman–Crippen MR) is 82.5 cm³/mol. The molecule has 4 aliphatic rings. The maximum Gasteiger partial charge on any atom is 0.410 e. The lowest BCUT2D eigenvalue weighted by atomic mass is 9.86. The first-order valence-electron chi connectivity index (χ1n) is 8.52. The summed E-state index contributed by atoms with van der Waals surface area (Å²) in [7, 11) is 0. The Labute approximate surface area is 132 Å². The molecular weight excluding hydrogens is 280 g/mol. The molecular formula is C17H26N2O3. The highest BCUT2D eigenvalue weighted by atomic mass is 16.7. The monoisotopic (exact) mass is 306 g/mol. The number of likely N-dealkylation sites (tertiary alicyclic amines) is 1. The van der Waals surface area contributed by atoms with Crippen molar-refractivity contribution in [2.24, 2.45) is 28.8 Å². The molecule has 5 nitrogen and oxygen atoms in total. The Balaban J connectivity index is 1.37. The summed E-state index contributed by atoms with van der Waals surface area (Å²) in [5.74, 6) is 2.19. The van der Waals surface area contributed by atoms with Crippen LogP contribution in [-0.2, 0) is 9.57 Å². The van der Waals surface area contributed by atoms with Crippen LogP contribution in [0.1, 0.15) is 47.0 Å². The van der Waals surface area contributed by atoms with Gasteiger partial charge < -0.3 is 14.5 Å². The fourth-order valence-corrected chi connectivity index (χ4v) is 4.66. The van der Waals surface area contributed by atoms with Gasteiger partial charge in [0.1, 0.15) is 11.2 Å². The molecule has 0 aromatic rings. The smallest absolute Gasteiger partial charge is 0.410 e. The first-order chi connectivity index (χ1) is 10.3. The molecule has 1 amide bonds. The van der Waals surface area contributed by atoms with Gasteiger partial charge in [0.2, 0.25) is 0 Å². The fraction of sp³-hybridized carbons (Fsp3) is 0.882. The minimum atomic E-state index is -0.418. The quantitative estimate of drug-likeness (QED) is 0.748. The summed E-state index contributed by atoms with van der Waals surface area (Å²) in [6, 6.07) is 0. The van der Waals surface area contributed by atoms with Crippen molar-refractivity contribution in [2.75, 3.05) is 13.1 Å². The maximum absolute atomic E-state index is 12.1.